The van der Waals surface area contributed by atoms with Crippen LogP contribution in [0.1, 0.15) is 27.2 Å². The molecule has 0 atom stereocenters. The van der Waals surface area contributed by atoms with Gasteiger partial charge in [-0.1, -0.05) is 18.2 Å². The van der Waals surface area contributed by atoms with Gasteiger partial charge < -0.3 is 14.2 Å². The molecule has 0 spiro atoms. The Bertz CT molecular complexity index is 1050. The number of hydrogen-bond donors (Lipinski definition) is 0. The van der Waals surface area contributed by atoms with E-state index in [1.807, 2.05) is 36.9 Å². The molecule has 0 unspecified atom stereocenters. The molecule has 1 aliphatic heterocycles. The lowest BCUT2D eigenvalue weighted by Gasteiger charge is -2.35. The third kappa shape index (κ3) is 3.54. The van der Waals surface area contributed by atoms with Crippen molar-refractivity contribution in [3.63, 3.8) is 0 Å². The molecule has 0 saturated carbocycles. The van der Waals surface area contributed by atoms with Crippen LogP contribution in [0.2, 0.25) is 0 Å². The fraction of sp³-hybridized carbons (Fsp3) is 0.333. The number of carbonyl (C=O) groups is 1. The summed E-state index contributed by atoms with van der Waals surface area (Å²) in [6.45, 7) is 5.68. The van der Waals surface area contributed by atoms with E-state index in [1.54, 1.807) is 4.90 Å². The molecule has 1 fully saturated rings. The standard InChI is InChI=1S/C21H20F3N3O2/c1-13-4-3-5-16-14(2)19(29-18(13)16)20(28)27-10-8-26(9-11-27)17-7-6-15(12-25-17)21(22,23)24/h3-7,12H,8-11H2,1-2H3. The lowest BCUT2D eigenvalue weighted by molar-refractivity contribution is -0.137. The number of benzene rings is 1. The number of aromatic nitrogens is 1. The lowest BCUT2D eigenvalue weighted by atomic mass is 10.1. The molecule has 29 heavy (non-hydrogen) atoms. The normalized spacial score (nSPS) is 15.2. The van der Waals surface area contributed by atoms with Gasteiger partial charge in [0, 0.05) is 43.3 Å². The summed E-state index contributed by atoms with van der Waals surface area (Å²) in [5.74, 6) is 0.647. The van der Waals surface area contributed by atoms with E-state index in [1.165, 1.54) is 6.07 Å². The van der Waals surface area contributed by atoms with E-state index in [0.717, 1.165) is 34.4 Å². The Morgan fingerprint density at radius 2 is 1.79 bits per heavy atom. The molecule has 0 radical (unpaired) electrons. The minimum atomic E-state index is -4.40. The molecule has 0 bridgehead atoms. The predicted molar refractivity (Wildman–Crippen MR) is 103 cm³/mol. The van der Waals surface area contributed by atoms with Crippen LogP contribution in [0, 0.1) is 13.8 Å². The van der Waals surface area contributed by atoms with Gasteiger partial charge in [-0.05, 0) is 31.5 Å². The number of amides is 1. The van der Waals surface area contributed by atoms with Crippen molar-refractivity contribution < 1.29 is 22.4 Å². The van der Waals surface area contributed by atoms with Crippen LogP contribution in [0.5, 0.6) is 0 Å². The molecule has 4 rings (SSSR count). The van der Waals surface area contributed by atoms with Crippen LogP contribution in [-0.2, 0) is 6.18 Å². The average molecular weight is 403 g/mol. The summed E-state index contributed by atoms with van der Waals surface area (Å²) in [7, 11) is 0. The van der Waals surface area contributed by atoms with Gasteiger partial charge in [-0.3, -0.25) is 4.79 Å². The molecule has 3 heterocycles. The maximum Gasteiger partial charge on any atom is 0.417 e. The Labute approximate surface area is 165 Å². The van der Waals surface area contributed by atoms with E-state index in [9.17, 15) is 18.0 Å². The zero-order chi connectivity index (χ0) is 20.8. The van der Waals surface area contributed by atoms with E-state index in [-0.39, 0.29) is 5.91 Å². The highest BCUT2D eigenvalue weighted by molar-refractivity contribution is 5.99. The van der Waals surface area contributed by atoms with Crippen molar-refractivity contribution in [3.05, 3.63) is 59.0 Å². The number of pyridine rings is 1. The van der Waals surface area contributed by atoms with Gasteiger partial charge in [-0.15, -0.1) is 0 Å². The quantitative estimate of drug-likeness (QED) is 0.635. The number of fused-ring (bicyclic) bond motifs is 1. The molecule has 2 aromatic heterocycles. The summed E-state index contributed by atoms with van der Waals surface area (Å²) in [5.41, 5.74) is 1.75. The van der Waals surface area contributed by atoms with E-state index in [0.29, 0.717) is 37.8 Å². The monoisotopic (exact) mass is 403 g/mol. The summed E-state index contributed by atoms with van der Waals surface area (Å²) in [6.07, 6.45) is -3.56. The van der Waals surface area contributed by atoms with Crippen LogP contribution in [0.4, 0.5) is 19.0 Å². The van der Waals surface area contributed by atoms with Crippen molar-refractivity contribution in [2.24, 2.45) is 0 Å². The molecule has 1 aliphatic rings. The first-order chi connectivity index (χ1) is 13.8. The van der Waals surface area contributed by atoms with Gasteiger partial charge in [0.1, 0.15) is 11.4 Å². The topological polar surface area (TPSA) is 49.6 Å². The number of para-hydroxylation sites is 1. The number of piperazine rings is 1. The maximum atomic E-state index is 13.0. The molecule has 152 valence electrons. The van der Waals surface area contributed by atoms with Gasteiger partial charge in [0.15, 0.2) is 5.76 Å². The number of alkyl halides is 3. The van der Waals surface area contributed by atoms with Crippen molar-refractivity contribution in [1.82, 2.24) is 9.88 Å². The lowest BCUT2D eigenvalue weighted by Crippen LogP contribution is -2.49. The first kappa shape index (κ1) is 19.3. The van der Waals surface area contributed by atoms with Gasteiger partial charge in [0.2, 0.25) is 0 Å². The van der Waals surface area contributed by atoms with E-state index >= 15 is 0 Å². The van der Waals surface area contributed by atoms with Crippen molar-refractivity contribution >= 4 is 22.7 Å². The number of nitrogens with zero attached hydrogens (tertiary/aromatic N) is 3. The highest BCUT2D eigenvalue weighted by Crippen LogP contribution is 2.30. The third-order valence-electron chi connectivity index (χ3n) is 5.32. The SMILES string of the molecule is Cc1c(C(=O)N2CCN(c3ccc(C(F)(F)F)cn3)CC2)oc2c(C)cccc12. The molecular weight excluding hydrogens is 383 g/mol. The fourth-order valence-corrected chi connectivity index (χ4v) is 3.61. The summed E-state index contributed by atoms with van der Waals surface area (Å²) >= 11 is 0. The highest BCUT2D eigenvalue weighted by atomic mass is 19.4. The predicted octanol–water partition coefficient (Wildman–Crippen LogP) is 4.43. The van der Waals surface area contributed by atoms with Crippen molar-refractivity contribution in [2.75, 3.05) is 31.1 Å². The number of carbonyl (C=O) groups excluding carboxylic acids is 1. The van der Waals surface area contributed by atoms with E-state index in [4.69, 9.17) is 4.42 Å². The van der Waals surface area contributed by atoms with Crippen molar-refractivity contribution in [1.29, 1.82) is 0 Å². The molecule has 1 amide bonds. The molecule has 8 heteroatoms. The first-order valence-electron chi connectivity index (χ1n) is 9.32. The molecule has 1 aromatic carbocycles. The van der Waals surface area contributed by atoms with Crippen LogP contribution >= 0.6 is 0 Å². The van der Waals surface area contributed by atoms with E-state index in [2.05, 4.69) is 4.98 Å². The van der Waals surface area contributed by atoms with Gasteiger partial charge in [0.05, 0.1) is 5.56 Å². The second-order valence-corrected chi connectivity index (χ2v) is 7.19. The summed E-state index contributed by atoms with van der Waals surface area (Å²) < 4.78 is 44.0. The first-order valence-corrected chi connectivity index (χ1v) is 9.32. The van der Waals surface area contributed by atoms with E-state index < -0.39 is 11.7 Å². The molecular formula is C21H20F3N3O2. The summed E-state index contributed by atoms with van der Waals surface area (Å²) in [4.78, 5) is 20.5. The third-order valence-corrected chi connectivity index (χ3v) is 5.32. The summed E-state index contributed by atoms with van der Waals surface area (Å²) in [6, 6.07) is 8.21. The number of furan rings is 1. The smallest absolute Gasteiger partial charge is 0.417 e. The Kier molecular flexibility index (Phi) is 4.72. The van der Waals surface area contributed by atoms with Crippen LogP contribution < -0.4 is 4.90 Å². The van der Waals surface area contributed by atoms with Gasteiger partial charge >= 0.3 is 6.18 Å². The maximum absolute atomic E-state index is 13.0. The number of hydrogen-bond acceptors (Lipinski definition) is 4. The Hall–Kier alpha value is -3.03. The largest absolute Gasteiger partial charge is 0.450 e. The Morgan fingerprint density at radius 1 is 1.07 bits per heavy atom. The average Bonchev–Trinajstić information content (AvgIpc) is 3.05. The number of anilines is 1. The molecule has 5 nitrogen and oxygen atoms in total. The highest BCUT2D eigenvalue weighted by Gasteiger charge is 2.31. The van der Waals surface area contributed by atoms with Gasteiger partial charge in [-0.25, -0.2) is 4.98 Å². The van der Waals surface area contributed by atoms with Crippen LogP contribution in [-0.4, -0.2) is 42.0 Å². The van der Waals surface area contributed by atoms with Crippen LogP contribution in [0.15, 0.2) is 40.9 Å². The minimum absolute atomic E-state index is 0.168. The zero-order valence-corrected chi connectivity index (χ0v) is 16.1. The number of rotatable bonds is 2. The summed E-state index contributed by atoms with van der Waals surface area (Å²) in [5, 5.41) is 0.931. The molecule has 1 saturated heterocycles. The number of aryl methyl sites for hydroxylation is 2. The Morgan fingerprint density at radius 3 is 2.38 bits per heavy atom. The number of halogens is 3. The zero-order valence-electron chi connectivity index (χ0n) is 16.1. The van der Waals surface area contributed by atoms with Crippen LogP contribution in [0.25, 0.3) is 11.0 Å². The Balaban J connectivity index is 1.46. The van der Waals surface area contributed by atoms with Crippen molar-refractivity contribution in [2.45, 2.75) is 20.0 Å². The van der Waals surface area contributed by atoms with Gasteiger partial charge in [0.25, 0.3) is 5.91 Å². The fourth-order valence-electron chi connectivity index (χ4n) is 3.61. The molecule has 0 aliphatic carbocycles. The second kappa shape index (κ2) is 7.09. The second-order valence-electron chi connectivity index (χ2n) is 7.19. The minimum Gasteiger partial charge on any atom is -0.450 e. The molecule has 0 N–H and O–H groups in total. The molecule has 3 aromatic rings. The van der Waals surface area contributed by atoms with Crippen molar-refractivity contribution in [3.8, 4) is 0 Å². The van der Waals surface area contributed by atoms with Crippen LogP contribution in [0.3, 0.4) is 0 Å². The van der Waals surface area contributed by atoms with Gasteiger partial charge in [-0.2, -0.15) is 13.2 Å².